The monoisotopic (exact) mass is 465 g/mol. The van der Waals surface area contributed by atoms with Crippen LogP contribution in [0.2, 0.25) is 0 Å². The Kier molecular flexibility index (Phi) is 6.96. The van der Waals surface area contributed by atoms with Crippen molar-refractivity contribution in [3.05, 3.63) is 84.4 Å². The topological polar surface area (TPSA) is 79.0 Å². The summed E-state index contributed by atoms with van der Waals surface area (Å²) in [6.45, 7) is 4.60. The number of nitrogens with one attached hydrogen (secondary N) is 1. The lowest BCUT2D eigenvalue weighted by molar-refractivity contribution is -0.114. The van der Waals surface area contributed by atoms with Crippen LogP contribution >= 0.6 is 0 Å². The lowest BCUT2D eigenvalue weighted by Gasteiger charge is -2.29. The van der Waals surface area contributed by atoms with Crippen molar-refractivity contribution >= 4 is 33.0 Å². The van der Waals surface area contributed by atoms with E-state index in [-0.39, 0.29) is 11.4 Å². The van der Waals surface area contributed by atoms with Gasteiger partial charge in [-0.25, -0.2) is 8.42 Å². The van der Waals surface area contributed by atoms with Crippen LogP contribution in [-0.4, -0.2) is 47.2 Å². The highest BCUT2D eigenvalue weighted by Crippen LogP contribution is 2.24. The maximum absolute atomic E-state index is 13.4. The molecule has 1 aliphatic rings. The summed E-state index contributed by atoms with van der Waals surface area (Å²) in [7, 11) is -3.93. The van der Waals surface area contributed by atoms with Crippen molar-refractivity contribution in [2.24, 2.45) is 0 Å². The van der Waals surface area contributed by atoms with E-state index in [0.717, 1.165) is 28.6 Å². The van der Waals surface area contributed by atoms with Crippen molar-refractivity contribution in [3.63, 3.8) is 0 Å². The number of ether oxygens (including phenoxy) is 1. The number of carbonyl (C=O) groups is 1. The number of nitrogens with zero attached hydrogens (tertiary/aromatic N) is 2. The van der Waals surface area contributed by atoms with Gasteiger partial charge in [0.05, 0.1) is 23.8 Å². The summed E-state index contributed by atoms with van der Waals surface area (Å²) in [5, 5.41) is 2.82. The van der Waals surface area contributed by atoms with E-state index in [2.05, 4.69) is 10.2 Å². The molecule has 4 rings (SSSR count). The summed E-state index contributed by atoms with van der Waals surface area (Å²) >= 11 is 0. The van der Waals surface area contributed by atoms with Crippen molar-refractivity contribution in [1.82, 2.24) is 0 Å². The number of amides is 1. The number of aryl methyl sites for hydroxylation is 1. The second-order valence-corrected chi connectivity index (χ2v) is 9.72. The maximum Gasteiger partial charge on any atom is 0.264 e. The normalized spacial score (nSPS) is 14.0. The molecule has 0 spiro atoms. The zero-order valence-corrected chi connectivity index (χ0v) is 19.3. The molecule has 0 atom stereocenters. The van der Waals surface area contributed by atoms with E-state index < -0.39 is 15.9 Å². The summed E-state index contributed by atoms with van der Waals surface area (Å²) in [4.78, 5) is 15.2. The smallest absolute Gasteiger partial charge is 0.264 e. The molecule has 1 amide bonds. The van der Waals surface area contributed by atoms with Crippen LogP contribution in [0.15, 0.2) is 83.8 Å². The SMILES string of the molecule is Cc1ccc(S(=O)(=O)N(CC(=O)Nc2ccc(N3CCOCC3)cc2)c2ccccc2)cc1. The van der Waals surface area contributed by atoms with E-state index in [4.69, 9.17) is 4.74 Å². The summed E-state index contributed by atoms with van der Waals surface area (Å²) in [5.41, 5.74) is 3.05. The molecule has 0 radical (unpaired) electrons. The molecule has 0 aromatic heterocycles. The van der Waals surface area contributed by atoms with Gasteiger partial charge in [0, 0.05) is 24.5 Å². The third kappa shape index (κ3) is 5.53. The van der Waals surface area contributed by atoms with Gasteiger partial charge in [0.1, 0.15) is 6.54 Å². The van der Waals surface area contributed by atoms with Gasteiger partial charge in [0.15, 0.2) is 0 Å². The lowest BCUT2D eigenvalue weighted by atomic mass is 10.2. The predicted octanol–water partition coefficient (Wildman–Crippen LogP) is 3.67. The first-order valence-electron chi connectivity index (χ1n) is 10.8. The van der Waals surface area contributed by atoms with Crippen LogP contribution in [0.1, 0.15) is 5.56 Å². The molecule has 0 unspecified atom stereocenters. The van der Waals surface area contributed by atoms with Gasteiger partial charge < -0.3 is 15.0 Å². The second kappa shape index (κ2) is 10.1. The minimum absolute atomic E-state index is 0.139. The van der Waals surface area contributed by atoms with E-state index in [0.29, 0.717) is 24.6 Å². The Hall–Kier alpha value is -3.36. The van der Waals surface area contributed by atoms with E-state index in [1.54, 1.807) is 54.6 Å². The number of benzene rings is 3. The largest absolute Gasteiger partial charge is 0.378 e. The molecule has 0 aliphatic carbocycles. The van der Waals surface area contributed by atoms with Crippen molar-refractivity contribution in [2.45, 2.75) is 11.8 Å². The number of carbonyl (C=O) groups excluding carboxylic acids is 1. The van der Waals surface area contributed by atoms with Gasteiger partial charge in [-0.1, -0.05) is 35.9 Å². The quantitative estimate of drug-likeness (QED) is 0.576. The minimum Gasteiger partial charge on any atom is -0.378 e. The molecular weight excluding hydrogens is 438 g/mol. The Morgan fingerprint density at radius 3 is 2.21 bits per heavy atom. The Morgan fingerprint density at radius 2 is 1.58 bits per heavy atom. The van der Waals surface area contributed by atoms with Crippen LogP contribution in [0.4, 0.5) is 17.1 Å². The van der Waals surface area contributed by atoms with Gasteiger partial charge >= 0.3 is 0 Å². The van der Waals surface area contributed by atoms with Crippen LogP contribution in [-0.2, 0) is 19.6 Å². The molecule has 3 aromatic rings. The van der Waals surface area contributed by atoms with Gasteiger partial charge in [-0.3, -0.25) is 9.10 Å². The Morgan fingerprint density at radius 1 is 0.939 bits per heavy atom. The molecule has 33 heavy (non-hydrogen) atoms. The number of rotatable bonds is 7. The predicted molar refractivity (Wildman–Crippen MR) is 130 cm³/mol. The Labute approximate surface area is 194 Å². The molecule has 1 saturated heterocycles. The van der Waals surface area contributed by atoms with Crippen LogP contribution in [0.5, 0.6) is 0 Å². The average Bonchev–Trinajstić information content (AvgIpc) is 2.84. The molecular formula is C25H27N3O4S. The molecule has 8 heteroatoms. The number of anilines is 3. The van der Waals surface area contributed by atoms with E-state index >= 15 is 0 Å². The first kappa shape index (κ1) is 22.8. The second-order valence-electron chi connectivity index (χ2n) is 7.85. The maximum atomic E-state index is 13.4. The molecule has 1 N–H and O–H groups in total. The molecule has 1 fully saturated rings. The van der Waals surface area contributed by atoms with Crippen molar-refractivity contribution in [3.8, 4) is 0 Å². The summed E-state index contributed by atoms with van der Waals surface area (Å²) in [6.07, 6.45) is 0. The van der Waals surface area contributed by atoms with Gasteiger partial charge in [-0.15, -0.1) is 0 Å². The molecule has 7 nitrogen and oxygen atoms in total. The molecule has 3 aromatic carbocycles. The first-order valence-corrected chi connectivity index (χ1v) is 12.2. The Balaban J connectivity index is 1.51. The van der Waals surface area contributed by atoms with Crippen molar-refractivity contribution in [1.29, 1.82) is 0 Å². The van der Waals surface area contributed by atoms with E-state index in [9.17, 15) is 13.2 Å². The third-order valence-corrected chi connectivity index (χ3v) is 7.26. The number of hydrogen-bond donors (Lipinski definition) is 1. The molecule has 0 bridgehead atoms. The van der Waals surface area contributed by atoms with Gasteiger partial charge in [-0.2, -0.15) is 0 Å². The highest BCUT2D eigenvalue weighted by molar-refractivity contribution is 7.92. The van der Waals surface area contributed by atoms with Gasteiger partial charge in [0.2, 0.25) is 5.91 Å². The molecule has 0 saturated carbocycles. The van der Waals surface area contributed by atoms with Gasteiger partial charge in [-0.05, 0) is 55.5 Å². The average molecular weight is 466 g/mol. The molecule has 1 aliphatic heterocycles. The zero-order chi connectivity index (χ0) is 23.3. The summed E-state index contributed by atoms with van der Waals surface area (Å²) < 4.78 is 33.3. The van der Waals surface area contributed by atoms with Crippen molar-refractivity contribution in [2.75, 3.05) is 47.4 Å². The fourth-order valence-corrected chi connectivity index (χ4v) is 5.08. The molecule has 1 heterocycles. The Bertz CT molecular complexity index is 1170. The standard InChI is InChI=1S/C25H27N3O4S/c1-20-7-13-24(14-8-20)33(30,31)28(23-5-3-2-4-6-23)19-25(29)26-21-9-11-22(12-10-21)27-15-17-32-18-16-27/h2-14H,15-19H2,1H3,(H,26,29). The van der Waals surface area contributed by atoms with Crippen LogP contribution in [0, 0.1) is 6.92 Å². The number of para-hydroxylation sites is 1. The summed E-state index contributed by atoms with van der Waals surface area (Å²) in [6, 6.07) is 22.8. The minimum atomic E-state index is -3.93. The highest BCUT2D eigenvalue weighted by atomic mass is 32.2. The third-order valence-electron chi connectivity index (χ3n) is 5.47. The lowest BCUT2D eigenvalue weighted by Crippen LogP contribution is -2.38. The van der Waals surface area contributed by atoms with Crippen molar-refractivity contribution < 1.29 is 17.9 Å². The number of sulfonamides is 1. The van der Waals surface area contributed by atoms with Gasteiger partial charge in [0.25, 0.3) is 10.0 Å². The zero-order valence-electron chi connectivity index (χ0n) is 18.5. The molecule has 172 valence electrons. The number of morpholine rings is 1. The number of hydrogen-bond acceptors (Lipinski definition) is 5. The first-order chi connectivity index (χ1) is 15.9. The van der Waals surface area contributed by atoms with E-state index in [1.165, 1.54) is 0 Å². The fraction of sp³-hybridized carbons (Fsp3) is 0.240. The van der Waals surface area contributed by atoms with Crippen LogP contribution in [0.25, 0.3) is 0 Å². The highest BCUT2D eigenvalue weighted by Gasteiger charge is 2.27. The van der Waals surface area contributed by atoms with E-state index in [1.807, 2.05) is 31.2 Å². The summed E-state index contributed by atoms with van der Waals surface area (Å²) in [5.74, 6) is -0.423. The van der Waals surface area contributed by atoms with Crippen LogP contribution in [0.3, 0.4) is 0 Å². The van der Waals surface area contributed by atoms with Crippen LogP contribution < -0.4 is 14.5 Å². The fourth-order valence-electron chi connectivity index (χ4n) is 3.65.